The molecule has 0 atom stereocenters. The first-order valence-electron chi connectivity index (χ1n) is 7.80. The summed E-state index contributed by atoms with van der Waals surface area (Å²) in [6.45, 7) is 1.33. The number of likely N-dealkylation sites (tertiary alicyclic amines) is 1. The number of anilines is 2. The molecule has 0 unspecified atom stereocenters. The molecule has 6 heteroatoms. The fraction of sp³-hybridized carbons (Fsp3) is 0.222. The lowest BCUT2D eigenvalue weighted by molar-refractivity contribution is -0.128. The van der Waals surface area contributed by atoms with Crippen LogP contribution in [-0.2, 0) is 11.3 Å². The van der Waals surface area contributed by atoms with Crippen molar-refractivity contribution >= 4 is 23.3 Å². The lowest BCUT2D eigenvalue weighted by Crippen LogP contribution is -2.24. The summed E-state index contributed by atoms with van der Waals surface area (Å²) >= 11 is 0. The van der Waals surface area contributed by atoms with Crippen LogP contribution in [0.15, 0.2) is 48.5 Å². The molecule has 124 valence electrons. The number of nitrogens with zero attached hydrogens (tertiary/aromatic N) is 1. The highest BCUT2D eigenvalue weighted by Crippen LogP contribution is 2.17. The van der Waals surface area contributed by atoms with Crippen LogP contribution in [0.2, 0.25) is 0 Å². The van der Waals surface area contributed by atoms with Gasteiger partial charge in [0.1, 0.15) is 5.82 Å². The molecule has 1 heterocycles. The molecule has 1 saturated heterocycles. The minimum absolute atomic E-state index is 0.169. The number of halogens is 1. The molecule has 3 rings (SSSR count). The van der Waals surface area contributed by atoms with Gasteiger partial charge in [-0.05, 0) is 48.4 Å². The first-order chi connectivity index (χ1) is 11.6. The molecule has 0 radical (unpaired) electrons. The van der Waals surface area contributed by atoms with Gasteiger partial charge in [-0.15, -0.1) is 0 Å². The number of benzene rings is 2. The smallest absolute Gasteiger partial charge is 0.323 e. The topological polar surface area (TPSA) is 61.4 Å². The van der Waals surface area contributed by atoms with E-state index in [1.165, 1.54) is 24.3 Å². The lowest BCUT2D eigenvalue weighted by atomic mass is 10.2. The van der Waals surface area contributed by atoms with E-state index in [-0.39, 0.29) is 11.7 Å². The Morgan fingerprint density at radius 2 is 1.83 bits per heavy atom. The van der Waals surface area contributed by atoms with Gasteiger partial charge in [-0.1, -0.05) is 12.1 Å². The molecule has 5 nitrogen and oxygen atoms in total. The standard InChI is InChI=1S/C18H18FN3O2/c19-14-6-8-15(9-7-14)20-18(24)21-16-4-1-3-13(11-16)12-22-10-2-5-17(22)23/h1,3-4,6-9,11H,2,5,10,12H2,(H2,20,21,24). The van der Waals surface area contributed by atoms with E-state index in [9.17, 15) is 14.0 Å². The molecular weight excluding hydrogens is 309 g/mol. The third-order valence-corrected chi connectivity index (χ3v) is 3.83. The molecule has 2 aromatic carbocycles. The molecule has 1 fully saturated rings. The molecule has 0 spiro atoms. The van der Waals surface area contributed by atoms with Crippen molar-refractivity contribution in [3.05, 3.63) is 59.9 Å². The van der Waals surface area contributed by atoms with Crippen molar-refractivity contribution in [1.82, 2.24) is 4.90 Å². The summed E-state index contributed by atoms with van der Waals surface area (Å²) < 4.78 is 12.9. The van der Waals surface area contributed by atoms with E-state index in [2.05, 4.69) is 10.6 Å². The van der Waals surface area contributed by atoms with E-state index < -0.39 is 6.03 Å². The van der Waals surface area contributed by atoms with Crippen molar-refractivity contribution in [1.29, 1.82) is 0 Å². The molecule has 2 N–H and O–H groups in total. The van der Waals surface area contributed by atoms with Crippen LogP contribution in [0.3, 0.4) is 0 Å². The molecule has 0 aliphatic carbocycles. The number of rotatable bonds is 4. The summed E-state index contributed by atoms with van der Waals surface area (Å²) in [5.74, 6) is -0.187. The minimum atomic E-state index is -0.406. The van der Waals surface area contributed by atoms with Gasteiger partial charge < -0.3 is 15.5 Å². The normalized spacial score (nSPS) is 13.9. The van der Waals surface area contributed by atoms with E-state index in [1.54, 1.807) is 6.07 Å². The van der Waals surface area contributed by atoms with Gasteiger partial charge in [0.05, 0.1) is 0 Å². The van der Waals surface area contributed by atoms with Gasteiger partial charge in [-0.2, -0.15) is 0 Å². The van der Waals surface area contributed by atoms with Crippen LogP contribution in [0.5, 0.6) is 0 Å². The monoisotopic (exact) mass is 327 g/mol. The molecular formula is C18H18FN3O2. The third-order valence-electron chi connectivity index (χ3n) is 3.83. The maximum Gasteiger partial charge on any atom is 0.323 e. The van der Waals surface area contributed by atoms with Gasteiger partial charge in [0.25, 0.3) is 0 Å². The van der Waals surface area contributed by atoms with E-state index in [1.807, 2.05) is 23.1 Å². The van der Waals surface area contributed by atoms with Crippen molar-refractivity contribution in [3.63, 3.8) is 0 Å². The molecule has 3 amide bonds. The summed E-state index contributed by atoms with van der Waals surface area (Å²) in [6, 6.07) is 12.5. The zero-order chi connectivity index (χ0) is 16.9. The maximum atomic E-state index is 12.9. The van der Waals surface area contributed by atoms with Crippen LogP contribution < -0.4 is 10.6 Å². The molecule has 24 heavy (non-hydrogen) atoms. The Balaban J connectivity index is 1.60. The van der Waals surface area contributed by atoms with Gasteiger partial charge in [-0.3, -0.25) is 4.79 Å². The van der Waals surface area contributed by atoms with Crippen LogP contribution in [0, 0.1) is 5.82 Å². The second kappa shape index (κ2) is 7.12. The van der Waals surface area contributed by atoms with Crippen molar-refractivity contribution in [2.75, 3.05) is 17.2 Å². The fourth-order valence-electron chi connectivity index (χ4n) is 2.67. The van der Waals surface area contributed by atoms with Gasteiger partial charge in [0.15, 0.2) is 0 Å². The number of carbonyl (C=O) groups is 2. The largest absolute Gasteiger partial charge is 0.338 e. The zero-order valence-electron chi connectivity index (χ0n) is 13.1. The Hall–Kier alpha value is -2.89. The van der Waals surface area contributed by atoms with E-state index in [0.29, 0.717) is 24.3 Å². The van der Waals surface area contributed by atoms with Crippen molar-refractivity contribution < 1.29 is 14.0 Å². The van der Waals surface area contributed by atoms with Crippen LogP contribution in [0.25, 0.3) is 0 Å². The predicted octanol–water partition coefficient (Wildman–Crippen LogP) is 3.59. The zero-order valence-corrected chi connectivity index (χ0v) is 13.1. The average molecular weight is 327 g/mol. The van der Waals surface area contributed by atoms with Crippen molar-refractivity contribution in [2.45, 2.75) is 19.4 Å². The van der Waals surface area contributed by atoms with Gasteiger partial charge in [0.2, 0.25) is 5.91 Å². The highest BCUT2D eigenvalue weighted by atomic mass is 19.1. The van der Waals surface area contributed by atoms with E-state index in [0.717, 1.165) is 18.5 Å². The first-order valence-corrected chi connectivity index (χ1v) is 7.80. The third kappa shape index (κ3) is 4.10. The van der Waals surface area contributed by atoms with Gasteiger partial charge in [0, 0.05) is 30.9 Å². The Bertz CT molecular complexity index is 746. The SMILES string of the molecule is O=C(Nc1ccc(F)cc1)Nc1cccc(CN2CCCC2=O)c1. The second-order valence-corrected chi connectivity index (χ2v) is 5.71. The Labute approximate surface area is 139 Å². The predicted molar refractivity (Wildman–Crippen MR) is 90.1 cm³/mol. The highest BCUT2D eigenvalue weighted by molar-refractivity contribution is 5.99. The van der Waals surface area contributed by atoms with E-state index >= 15 is 0 Å². The maximum absolute atomic E-state index is 12.9. The summed E-state index contributed by atoms with van der Waals surface area (Å²) in [5, 5.41) is 5.37. The number of hydrogen-bond acceptors (Lipinski definition) is 2. The first kappa shape index (κ1) is 16.0. The second-order valence-electron chi connectivity index (χ2n) is 5.71. The number of carbonyl (C=O) groups excluding carboxylic acids is 2. The lowest BCUT2D eigenvalue weighted by Gasteiger charge is -2.16. The van der Waals surface area contributed by atoms with Gasteiger partial charge >= 0.3 is 6.03 Å². The van der Waals surface area contributed by atoms with Crippen LogP contribution in [0.1, 0.15) is 18.4 Å². The molecule has 2 aromatic rings. The molecule has 1 aliphatic rings. The average Bonchev–Trinajstić information content (AvgIpc) is 2.95. The summed E-state index contributed by atoms with van der Waals surface area (Å²) in [7, 11) is 0. The quantitative estimate of drug-likeness (QED) is 0.901. The van der Waals surface area contributed by atoms with Crippen LogP contribution in [-0.4, -0.2) is 23.4 Å². The van der Waals surface area contributed by atoms with Crippen LogP contribution in [0.4, 0.5) is 20.6 Å². The van der Waals surface area contributed by atoms with E-state index in [4.69, 9.17) is 0 Å². The van der Waals surface area contributed by atoms with Gasteiger partial charge in [-0.25, -0.2) is 9.18 Å². The summed E-state index contributed by atoms with van der Waals surface area (Å²) in [4.78, 5) is 25.5. The molecule has 0 saturated carbocycles. The minimum Gasteiger partial charge on any atom is -0.338 e. The Morgan fingerprint density at radius 1 is 1.08 bits per heavy atom. The van der Waals surface area contributed by atoms with Crippen molar-refractivity contribution in [3.8, 4) is 0 Å². The summed E-state index contributed by atoms with van der Waals surface area (Å²) in [6.07, 6.45) is 1.51. The molecule has 0 bridgehead atoms. The fourth-order valence-corrected chi connectivity index (χ4v) is 2.67. The Morgan fingerprint density at radius 3 is 2.54 bits per heavy atom. The van der Waals surface area contributed by atoms with Crippen LogP contribution >= 0.6 is 0 Å². The highest BCUT2D eigenvalue weighted by Gasteiger charge is 2.20. The molecule has 1 aliphatic heterocycles. The molecule has 0 aromatic heterocycles. The number of urea groups is 1. The number of hydrogen-bond donors (Lipinski definition) is 2. The van der Waals surface area contributed by atoms with Crippen molar-refractivity contribution in [2.24, 2.45) is 0 Å². The number of amides is 3. The summed E-state index contributed by atoms with van der Waals surface area (Å²) in [5.41, 5.74) is 2.11. The Kier molecular flexibility index (Phi) is 4.74. The number of nitrogens with one attached hydrogen (secondary N) is 2.